The molecule has 0 bridgehead atoms. The fourth-order valence-electron chi connectivity index (χ4n) is 2.63. The van der Waals surface area contributed by atoms with Crippen molar-refractivity contribution in [2.75, 3.05) is 6.54 Å². The number of aliphatic hydroxyl groups excluding tert-OH is 1. The molecule has 0 radical (unpaired) electrons. The number of hydrogen-bond acceptors (Lipinski definition) is 3. The zero-order valence-electron chi connectivity index (χ0n) is 11.0. The first-order valence-electron chi connectivity index (χ1n) is 6.61. The first-order chi connectivity index (χ1) is 9.11. The lowest BCUT2D eigenvalue weighted by Crippen LogP contribution is -2.37. The zero-order valence-corrected chi connectivity index (χ0v) is 11.0. The Kier molecular flexibility index (Phi) is 4.18. The molecule has 1 N–H and O–H groups in total. The quantitative estimate of drug-likeness (QED) is 0.901. The largest absolute Gasteiger partial charge is 0.393 e. The van der Waals surface area contributed by atoms with Crippen molar-refractivity contribution in [3.05, 3.63) is 35.4 Å². The molecule has 0 aliphatic carbocycles. The molecule has 1 aliphatic heterocycles. The summed E-state index contributed by atoms with van der Waals surface area (Å²) in [5.41, 5.74) is 1.05. The van der Waals surface area contributed by atoms with Crippen LogP contribution in [0.4, 0.5) is 0 Å². The van der Waals surface area contributed by atoms with Gasteiger partial charge in [0.15, 0.2) is 0 Å². The predicted octanol–water partition coefficient (Wildman–Crippen LogP) is 1.93. The topological polar surface area (TPSA) is 64.3 Å². The second kappa shape index (κ2) is 5.85. The maximum absolute atomic E-state index is 12.4. The van der Waals surface area contributed by atoms with Crippen molar-refractivity contribution >= 4 is 5.91 Å². The van der Waals surface area contributed by atoms with Crippen LogP contribution in [-0.2, 0) is 0 Å². The van der Waals surface area contributed by atoms with Gasteiger partial charge in [0.05, 0.1) is 17.7 Å². The summed E-state index contributed by atoms with van der Waals surface area (Å²) in [5, 5.41) is 18.4. The minimum absolute atomic E-state index is 0.0414. The van der Waals surface area contributed by atoms with Gasteiger partial charge in [-0.1, -0.05) is 6.07 Å². The molecule has 0 spiro atoms. The number of amides is 1. The Bertz CT molecular complexity index is 505. The summed E-state index contributed by atoms with van der Waals surface area (Å²) >= 11 is 0. The molecule has 4 heteroatoms. The van der Waals surface area contributed by atoms with Crippen molar-refractivity contribution < 1.29 is 9.90 Å². The van der Waals surface area contributed by atoms with Gasteiger partial charge in [-0.15, -0.1) is 0 Å². The van der Waals surface area contributed by atoms with Gasteiger partial charge in [-0.3, -0.25) is 4.79 Å². The highest BCUT2D eigenvalue weighted by molar-refractivity contribution is 5.95. The van der Waals surface area contributed by atoms with Gasteiger partial charge in [0.2, 0.25) is 0 Å². The van der Waals surface area contributed by atoms with Gasteiger partial charge in [-0.2, -0.15) is 5.26 Å². The maximum atomic E-state index is 12.4. The lowest BCUT2D eigenvalue weighted by atomic mass is 10.1. The van der Waals surface area contributed by atoms with Gasteiger partial charge in [-0.05, 0) is 44.4 Å². The van der Waals surface area contributed by atoms with Crippen molar-refractivity contribution in [3.63, 3.8) is 0 Å². The molecule has 2 rings (SSSR count). The van der Waals surface area contributed by atoms with Crippen molar-refractivity contribution in [2.45, 2.75) is 38.3 Å². The molecule has 4 nitrogen and oxygen atoms in total. The number of carbonyl (C=O) groups is 1. The fraction of sp³-hybridized carbons (Fsp3) is 0.467. The van der Waals surface area contributed by atoms with Crippen LogP contribution in [0.5, 0.6) is 0 Å². The highest BCUT2D eigenvalue weighted by Gasteiger charge is 2.30. The van der Waals surface area contributed by atoms with E-state index in [1.807, 2.05) is 11.0 Å². The third-order valence-corrected chi connectivity index (χ3v) is 3.49. The second-order valence-electron chi connectivity index (χ2n) is 5.07. The molecule has 1 aromatic carbocycles. The van der Waals surface area contributed by atoms with E-state index >= 15 is 0 Å². The number of benzene rings is 1. The molecular weight excluding hydrogens is 240 g/mol. The molecule has 1 amide bonds. The smallest absolute Gasteiger partial charge is 0.254 e. The summed E-state index contributed by atoms with van der Waals surface area (Å²) in [7, 11) is 0. The van der Waals surface area contributed by atoms with Gasteiger partial charge < -0.3 is 10.0 Å². The van der Waals surface area contributed by atoms with E-state index in [-0.39, 0.29) is 11.9 Å². The Morgan fingerprint density at radius 2 is 2.42 bits per heavy atom. The van der Waals surface area contributed by atoms with E-state index in [1.54, 1.807) is 31.2 Å². The molecule has 19 heavy (non-hydrogen) atoms. The second-order valence-corrected chi connectivity index (χ2v) is 5.07. The summed E-state index contributed by atoms with van der Waals surface area (Å²) in [6, 6.07) is 8.93. The predicted molar refractivity (Wildman–Crippen MR) is 71.5 cm³/mol. The Morgan fingerprint density at radius 1 is 1.63 bits per heavy atom. The minimum atomic E-state index is -0.399. The minimum Gasteiger partial charge on any atom is -0.393 e. The highest BCUT2D eigenvalue weighted by atomic mass is 16.3. The molecule has 1 saturated heterocycles. The monoisotopic (exact) mass is 258 g/mol. The van der Waals surface area contributed by atoms with E-state index in [4.69, 9.17) is 5.26 Å². The van der Waals surface area contributed by atoms with Gasteiger partial charge in [-0.25, -0.2) is 0 Å². The lowest BCUT2D eigenvalue weighted by Gasteiger charge is -2.25. The number of hydrogen-bond donors (Lipinski definition) is 1. The van der Waals surface area contributed by atoms with Gasteiger partial charge in [0.25, 0.3) is 5.91 Å². The summed E-state index contributed by atoms with van der Waals surface area (Å²) < 4.78 is 0. The summed E-state index contributed by atoms with van der Waals surface area (Å²) in [6.45, 7) is 2.48. The van der Waals surface area contributed by atoms with E-state index in [2.05, 4.69) is 0 Å². The molecule has 1 aliphatic rings. The molecule has 1 heterocycles. The zero-order chi connectivity index (χ0) is 13.8. The first-order valence-corrected chi connectivity index (χ1v) is 6.61. The van der Waals surface area contributed by atoms with Crippen LogP contribution in [0.1, 0.15) is 42.1 Å². The van der Waals surface area contributed by atoms with Crippen LogP contribution in [0.2, 0.25) is 0 Å². The summed E-state index contributed by atoms with van der Waals surface area (Å²) in [4.78, 5) is 14.3. The molecule has 2 atom stereocenters. The molecule has 100 valence electrons. The van der Waals surface area contributed by atoms with Crippen molar-refractivity contribution in [1.82, 2.24) is 4.90 Å². The molecule has 2 unspecified atom stereocenters. The number of rotatable bonds is 3. The molecule has 1 fully saturated rings. The maximum Gasteiger partial charge on any atom is 0.254 e. The Labute approximate surface area is 113 Å². The normalized spacial score (nSPS) is 20.1. The average molecular weight is 258 g/mol. The molecule has 1 aromatic rings. The Balaban J connectivity index is 2.16. The number of likely N-dealkylation sites (tertiary alicyclic amines) is 1. The van der Waals surface area contributed by atoms with E-state index < -0.39 is 6.10 Å². The fourth-order valence-corrected chi connectivity index (χ4v) is 2.63. The van der Waals surface area contributed by atoms with Gasteiger partial charge in [0, 0.05) is 18.2 Å². The van der Waals surface area contributed by atoms with Crippen molar-refractivity contribution in [3.8, 4) is 6.07 Å². The summed E-state index contributed by atoms with van der Waals surface area (Å²) in [6.07, 6.45) is 2.13. The van der Waals surface area contributed by atoms with Crippen LogP contribution in [0.15, 0.2) is 24.3 Å². The van der Waals surface area contributed by atoms with Gasteiger partial charge >= 0.3 is 0 Å². The van der Waals surface area contributed by atoms with E-state index in [9.17, 15) is 9.90 Å². The van der Waals surface area contributed by atoms with E-state index in [1.165, 1.54) is 0 Å². The Morgan fingerprint density at radius 3 is 3.11 bits per heavy atom. The van der Waals surface area contributed by atoms with Crippen LogP contribution in [-0.4, -0.2) is 34.6 Å². The van der Waals surface area contributed by atoms with Crippen LogP contribution in [0, 0.1) is 11.3 Å². The lowest BCUT2D eigenvalue weighted by molar-refractivity contribution is 0.0682. The van der Waals surface area contributed by atoms with E-state index in [0.29, 0.717) is 17.5 Å². The molecular formula is C15H18N2O2. The standard InChI is InChI=1S/C15H18N2O2/c1-11(18)8-14-6-3-7-17(14)15(19)13-5-2-4-12(9-13)10-16/h2,4-5,9,11,14,18H,3,6-8H2,1H3. The van der Waals surface area contributed by atoms with Crippen LogP contribution in [0.25, 0.3) is 0 Å². The first kappa shape index (κ1) is 13.6. The third kappa shape index (κ3) is 3.12. The number of aliphatic hydroxyl groups is 1. The van der Waals surface area contributed by atoms with Crippen LogP contribution in [0.3, 0.4) is 0 Å². The third-order valence-electron chi connectivity index (χ3n) is 3.49. The average Bonchev–Trinajstić information content (AvgIpc) is 2.85. The van der Waals surface area contributed by atoms with Crippen molar-refractivity contribution in [2.24, 2.45) is 0 Å². The summed E-state index contributed by atoms with van der Waals surface area (Å²) in [5.74, 6) is -0.0414. The number of nitrogens with zero attached hydrogens (tertiary/aromatic N) is 2. The van der Waals surface area contributed by atoms with Crippen LogP contribution >= 0.6 is 0 Å². The molecule has 0 aromatic heterocycles. The van der Waals surface area contributed by atoms with Crippen molar-refractivity contribution in [1.29, 1.82) is 5.26 Å². The number of nitriles is 1. The van der Waals surface area contributed by atoms with Crippen LogP contribution < -0.4 is 0 Å². The van der Waals surface area contributed by atoms with Gasteiger partial charge in [0.1, 0.15) is 0 Å². The Hall–Kier alpha value is -1.86. The number of carbonyl (C=O) groups excluding carboxylic acids is 1. The highest BCUT2D eigenvalue weighted by Crippen LogP contribution is 2.23. The SMILES string of the molecule is CC(O)CC1CCCN1C(=O)c1cccc(C#N)c1. The molecule has 0 saturated carbocycles. The van der Waals surface area contributed by atoms with E-state index in [0.717, 1.165) is 19.4 Å².